The first kappa shape index (κ1) is 10.2. The standard InChI is InChI=1S/C10H15N3O2/c1-7-4-13(5-7)9(10(14)15)8-3-11-12(2)6-8/h3,6-7,9H,4-5H2,1-2H3,(H,14,15). The topological polar surface area (TPSA) is 58.4 Å². The van der Waals surface area contributed by atoms with Crippen molar-refractivity contribution >= 4 is 5.97 Å². The van der Waals surface area contributed by atoms with Crippen LogP contribution in [0.5, 0.6) is 0 Å². The van der Waals surface area contributed by atoms with E-state index in [4.69, 9.17) is 0 Å². The third kappa shape index (κ3) is 1.87. The molecule has 5 nitrogen and oxygen atoms in total. The second kappa shape index (κ2) is 3.66. The number of aryl methyl sites for hydroxylation is 1. The molecule has 2 heterocycles. The SMILES string of the molecule is CC1CN(C(C(=O)O)c2cnn(C)c2)C1. The smallest absolute Gasteiger partial charge is 0.325 e. The number of carboxylic acids is 1. The van der Waals surface area contributed by atoms with E-state index < -0.39 is 12.0 Å². The van der Waals surface area contributed by atoms with Gasteiger partial charge in [-0.1, -0.05) is 6.92 Å². The molecule has 1 aromatic rings. The van der Waals surface area contributed by atoms with Gasteiger partial charge in [0.05, 0.1) is 6.20 Å². The highest BCUT2D eigenvalue weighted by Crippen LogP contribution is 2.28. The molecule has 5 heteroatoms. The van der Waals surface area contributed by atoms with Crippen LogP contribution in [0.2, 0.25) is 0 Å². The minimum Gasteiger partial charge on any atom is -0.480 e. The Morgan fingerprint density at radius 1 is 1.67 bits per heavy atom. The van der Waals surface area contributed by atoms with Crippen LogP contribution in [-0.4, -0.2) is 38.8 Å². The van der Waals surface area contributed by atoms with Gasteiger partial charge in [-0.05, 0) is 5.92 Å². The van der Waals surface area contributed by atoms with Crippen molar-refractivity contribution in [1.29, 1.82) is 0 Å². The molecular weight excluding hydrogens is 194 g/mol. The summed E-state index contributed by atoms with van der Waals surface area (Å²) in [5.41, 5.74) is 0.761. The van der Waals surface area contributed by atoms with E-state index >= 15 is 0 Å². The predicted octanol–water partition coefficient (Wildman–Crippen LogP) is 0.497. The third-order valence-electron chi connectivity index (χ3n) is 2.73. The maximum absolute atomic E-state index is 11.2. The number of aromatic nitrogens is 2. The lowest BCUT2D eigenvalue weighted by Crippen LogP contribution is -2.49. The summed E-state index contributed by atoms with van der Waals surface area (Å²) < 4.78 is 1.63. The van der Waals surface area contributed by atoms with Crippen molar-refractivity contribution in [2.24, 2.45) is 13.0 Å². The highest BCUT2D eigenvalue weighted by molar-refractivity contribution is 5.75. The lowest BCUT2D eigenvalue weighted by Gasteiger charge is -2.40. The molecule has 1 aliphatic rings. The highest BCUT2D eigenvalue weighted by atomic mass is 16.4. The van der Waals surface area contributed by atoms with Crippen molar-refractivity contribution < 1.29 is 9.90 Å². The van der Waals surface area contributed by atoms with E-state index in [1.165, 1.54) is 0 Å². The minimum atomic E-state index is -0.796. The molecule has 0 aliphatic carbocycles. The molecule has 1 aromatic heterocycles. The van der Waals surface area contributed by atoms with E-state index in [1.807, 2.05) is 4.90 Å². The van der Waals surface area contributed by atoms with Gasteiger partial charge in [0.25, 0.3) is 0 Å². The Labute approximate surface area is 88.3 Å². The monoisotopic (exact) mass is 209 g/mol. The van der Waals surface area contributed by atoms with Crippen LogP contribution in [0, 0.1) is 5.92 Å². The molecule has 1 N–H and O–H groups in total. The van der Waals surface area contributed by atoms with Crippen molar-refractivity contribution in [1.82, 2.24) is 14.7 Å². The lowest BCUT2D eigenvalue weighted by molar-refractivity contribution is -0.146. The quantitative estimate of drug-likeness (QED) is 0.787. The predicted molar refractivity (Wildman–Crippen MR) is 54.3 cm³/mol. The highest BCUT2D eigenvalue weighted by Gasteiger charge is 2.35. The second-order valence-corrected chi connectivity index (χ2v) is 4.25. The van der Waals surface area contributed by atoms with Gasteiger partial charge < -0.3 is 5.11 Å². The molecule has 0 saturated carbocycles. The van der Waals surface area contributed by atoms with Gasteiger partial charge >= 0.3 is 5.97 Å². The minimum absolute atomic E-state index is 0.533. The van der Waals surface area contributed by atoms with Gasteiger partial charge in [-0.25, -0.2) is 0 Å². The summed E-state index contributed by atoms with van der Waals surface area (Å²) >= 11 is 0. The first-order chi connectivity index (χ1) is 7.08. The number of carbonyl (C=O) groups is 1. The Morgan fingerprint density at radius 3 is 2.73 bits per heavy atom. The zero-order valence-corrected chi connectivity index (χ0v) is 8.92. The average molecular weight is 209 g/mol. The maximum Gasteiger partial charge on any atom is 0.325 e. The van der Waals surface area contributed by atoms with Gasteiger partial charge in [0.2, 0.25) is 0 Å². The van der Waals surface area contributed by atoms with Crippen molar-refractivity contribution in [2.75, 3.05) is 13.1 Å². The van der Waals surface area contributed by atoms with Crippen molar-refractivity contribution in [2.45, 2.75) is 13.0 Å². The number of likely N-dealkylation sites (tertiary alicyclic amines) is 1. The van der Waals surface area contributed by atoms with Gasteiger partial charge in [-0.15, -0.1) is 0 Å². The molecule has 1 saturated heterocycles. The summed E-state index contributed by atoms with van der Waals surface area (Å²) in [5.74, 6) is -0.196. The van der Waals surface area contributed by atoms with E-state index in [0.717, 1.165) is 18.7 Å². The summed E-state index contributed by atoms with van der Waals surface area (Å²) in [6, 6.07) is -0.533. The number of carboxylic acid groups (broad SMARTS) is 1. The van der Waals surface area contributed by atoms with Crippen LogP contribution in [0.4, 0.5) is 0 Å². The van der Waals surface area contributed by atoms with E-state index in [9.17, 15) is 9.90 Å². The van der Waals surface area contributed by atoms with E-state index in [0.29, 0.717) is 5.92 Å². The molecule has 15 heavy (non-hydrogen) atoms. The van der Waals surface area contributed by atoms with E-state index in [-0.39, 0.29) is 0 Å². The van der Waals surface area contributed by atoms with Crippen LogP contribution >= 0.6 is 0 Å². The molecule has 0 spiro atoms. The first-order valence-corrected chi connectivity index (χ1v) is 5.03. The maximum atomic E-state index is 11.2. The molecule has 1 atom stereocenters. The van der Waals surface area contributed by atoms with Crippen LogP contribution in [0.1, 0.15) is 18.5 Å². The van der Waals surface area contributed by atoms with Gasteiger partial charge in [-0.3, -0.25) is 14.4 Å². The summed E-state index contributed by atoms with van der Waals surface area (Å²) in [6.45, 7) is 3.83. The molecule has 1 fully saturated rings. The van der Waals surface area contributed by atoms with Crippen LogP contribution in [-0.2, 0) is 11.8 Å². The molecule has 1 aliphatic heterocycles. The van der Waals surface area contributed by atoms with Crippen molar-refractivity contribution in [3.63, 3.8) is 0 Å². The fraction of sp³-hybridized carbons (Fsp3) is 0.600. The van der Waals surface area contributed by atoms with Gasteiger partial charge in [0.15, 0.2) is 0 Å². The van der Waals surface area contributed by atoms with Crippen molar-refractivity contribution in [3.8, 4) is 0 Å². The molecule has 82 valence electrons. The van der Waals surface area contributed by atoms with Crippen LogP contribution < -0.4 is 0 Å². The summed E-state index contributed by atoms with van der Waals surface area (Å²) in [6.07, 6.45) is 3.39. The van der Waals surface area contributed by atoms with Crippen LogP contribution in [0.15, 0.2) is 12.4 Å². The molecule has 1 unspecified atom stereocenters. The lowest BCUT2D eigenvalue weighted by atomic mass is 9.97. The largest absolute Gasteiger partial charge is 0.480 e. The molecular formula is C10H15N3O2. The Balaban J connectivity index is 2.17. The number of hydrogen-bond donors (Lipinski definition) is 1. The Hall–Kier alpha value is -1.36. The van der Waals surface area contributed by atoms with Gasteiger partial charge in [0.1, 0.15) is 6.04 Å². The summed E-state index contributed by atoms with van der Waals surface area (Å²) in [7, 11) is 1.79. The number of nitrogens with zero attached hydrogens (tertiary/aromatic N) is 3. The summed E-state index contributed by atoms with van der Waals surface area (Å²) in [4.78, 5) is 13.1. The zero-order valence-electron chi connectivity index (χ0n) is 8.92. The third-order valence-corrected chi connectivity index (χ3v) is 2.73. The Bertz CT molecular complexity index is 368. The fourth-order valence-electron chi connectivity index (χ4n) is 2.05. The van der Waals surface area contributed by atoms with E-state index in [2.05, 4.69) is 12.0 Å². The Kier molecular flexibility index (Phi) is 2.48. The second-order valence-electron chi connectivity index (χ2n) is 4.25. The molecule has 0 aromatic carbocycles. The molecule has 0 amide bonds. The van der Waals surface area contributed by atoms with Gasteiger partial charge in [-0.2, -0.15) is 5.10 Å². The van der Waals surface area contributed by atoms with Crippen LogP contribution in [0.3, 0.4) is 0 Å². The van der Waals surface area contributed by atoms with Gasteiger partial charge in [0, 0.05) is 31.9 Å². The number of hydrogen-bond acceptors (Lipinski definition) is 3. The number of aliphatic carboxylic acids is 1. The first-order valence-electron chi connectivity index (χ1n) is 5.03. The molecule has 2 rings (SSSR count). The molecule has 0 bridgehead atoms. The Morgan fingerprint density at radius 2 is 2.33 bits per heavy atom. The van der Waals surface area contributed by atoms with Crippen molar-refractivity contribution in [3.05, 3.63) is 18.0 Å². The normalized spacial score (nSPS) is 19.9. The average Bonchev–Trinajstić information content (AvgIpc) is 2.49. The number of rotatable bonds is 3. The fourth-order valence-corrected chi connectivity index (χ4v) is 2.05. The van der Waals surface area contributed by atoms with Crippen LogP contribution in [0.25, 0.3) is 0 Å². The summed E-state index contributed by atoms with van der Waals surface area (Å²) in [5, 5.41) is 13.2. The zero-order chi connectivity index (χ0) is 11.0. The van der Waals surface area contributed by atoms with E-state index in [1.54, 1.807) is 24.1 Å². The molecule has 0 radical (unpaired) electrons.